The normalized spacial score (nSPS) is 15.4. The Labute approximate surface area is 157 Å². The Morgan fingerprint density at radius 2 is 2.08 bits per heavy atom. The minimum atomic E-state index is -0.200. The van der Waals surface area contributed by atoms with Crippen molar-refractivity contribution in [3.63, 3.8) is 0 Å². The monoisotopic (exact) mass is 364 g/mol. The van der Waals surface area contributed by atoms with Gasteiger partial charge in [-0.25, -0.2) is 4.39 Å². The van der Waals surface area contributed by atoms with Crippen molar-refractivity contribution in [3.05, 3.63) is 35.6 Å². The number of benzene rings is 1. The van der Waals surface area contributed by atoms with Crippen LogP contribution in [0.1, 0.15) is 32.3 Å². The SMILES string of the molecule is CN=C(NCCN(CCOC)C1CC1)NCC(C)(C)c1cccc(F)c1. The molecule has 1 aromatic rings. The summed E-state index contributed by atoms with van der Waals surface area (Å²) in [5.74, 6) is 0.575. The molecule has 6 heteroatoms. The van der Waals surface area contributed by atoms with E-state index >= 15 is 0 Å². The van der Waals surface area contributed by atoms with Crippen LogP contribution in [0.25, 0.3) is 0 Å². The number of aliphatic imine (C=N–C) groups is 1. The Kier molecular flexibility index (Phi) is 7.85. The molecule has 0 atom stereocenters. The van der Waals surface area contributed by atoms with E-state index in [-0.39, 0.29) is 11.2 Å². The molecule has 146 valence electrons. The number of nitrogens with one attached hydrogen (secondary N) is 2. The highest BCUT2D eigenvalue weighted by Gasteiger charge is 2.28. The molecule has 1 aliphatic rings. The van der Waals surface area contributed by atoms with Crippen molar-refractivity contribution in [2.75, 3.05) is 46.9 Å². The summed E-state index contributed by atoms with van der Waals surface area (Å²) in [5, 5.41) is 6.74. The maximum atomic E-state index is 13.5. The second-order valence-corrected chi connectivity index (χ2v) is 7.51. The smallest absolute Gasteiger partial charge is 0.191 e. The number of ether oxygens (including phenoxy) is 1. The summed E-state index contributed by atoms with van der Waals surface area (Å²) in [6, 6.07) is 7.51. The standard InChI is InChI=1S/C20H33FN4O/c1-20(2,16-6-5-7-17(21)14-16)15-24-19(22-3)23-10-11-25(12-13-26-4)18-8-9-18/h5-7,14,18H,8-13,15H2,1-4H3,(H2,22,23,24). The fraction of sp³-hybridized carbons (Fsp3) is 0.650. The van der Waals surface area contributed by atoms with Gasteiger partial charge < -0.3 is 15.4 Å². The van der Waals surface area contributed by atoms with E-state index in [0.717, 1.165) is 37.8 Å². The topological polar surface area (TPSA) is 48.9 Å². The summed E-state index contributed by atoms with van der Waals surface area (Å²) in [4.78, 5) is 6.77. The Balaban J connectivity index is 1.78. The summed E-state index contributed by atoms with van der Waals surface area (Å²) in [5.41, 5.74) is 0.776. The number of halogens is 1. The van der Waals surface area contributed by atoms with E-state index < -0.39 is 0 Å². The van der Waals surface area contributed by atoms with E-state index in [1.807, 2.05) is 6.07 Å². The zero-order chi connectivity index (χ0) is 19.0. The first-order chi connectivity index (χ1) is 12.5. The molecule has 0 aromatic heterocycles. The van der Waals surface area contributed by atoms with Gasteiger partial charge in [-0.1, -0.05) is 26.0 Å². The molecule has 1 saturated carbocycles. The molecular formula is C20H33FN4O. The number of hydrogen-bond donors (Lipinski definition) is 2. The van der Waals surface area contributed by atoms with Crippen LogP contribution < -0.4 is 10.6 Å². The predicted octanol–water partition coefficient (Wildman–Crippen LogP) is 2.38. The van der Waals surface area contributed by atoms with Gasteiger partial charge in [0.1, 0.15) is 5.82 Å². The maximum Gasteiger partial charge on any atom is 0.191 e. The molecule has 1 fully saturated rings. The van der Waals surface area contributed by atoms with Crippen LogP contribution in [0.2, 0.25) is 0 Å². The molecule has 0 aliphatic heterocycles. The molecule has 2 N–H and O–H groups in total. The summed E-state index contributed by atoms with van der Waals surface area (Å²) < 4.78 is 18.7. The summed E-state index contributed by atoms with van der Waals surface area (Å²) in [6.07, 6.45) is 2.58. The number of methoxy groups -OCH3 is 1. The molecule has 0 unspecified atom stereocenters. The molecule has 2 rings (SSSR count). The largest absolute Gasteiger partial charge is 0.383 e. The molecular weight excluding hydrogens is 331 g/mol. The van der Waals surface area contributed by atoms with Crippen LogP contribution in [0.5, 0.6) is 0 Å². The highest BCUT2D eigenvalue weighted by Crippen LogP contribution is 2.26. The Morgan fingerprint density at radius 3 is 2.69 bits per heavy atom. The fourth-order valence-corrected chi connectivity index (χ4v) is 2.98. The molecule has 0 saturated heterocycles. The lowest BCUT2D eigenvalue weighted by Gasteiger charge is -2.27. The van der Waals surface area contributed by atoms with E-state index in [9.17, 15) is 4.39 Å². The van der Waals surface area contributed by atoms with Gasteiger partial charge in [0.25, 0.3) is 0 Å². The molecule has 0 heterocycles. The molecule has 1 aliphatic carbocycles. The van der Waals surface area contributed by atoms with Crippen LogP contribution in [0.3, 0.4) is 0 Å². The van der Waals surface area contributed by atoms with E-state index in [1.165, 1.54) is 18.9 Å². The second kappa shape index (κ2) is 9.88. The van der Waals surface area contributed by atoms with E-state index in [2.05, 4.69) is 34.4 Å². The van der Waals surface area contributed by atoms with Gasteiger partial charge in [0, 0.05) is 51.8 Å². The lowest BCUT2D eigenvalue weighted by atomic mass is 9.84. The third kappa shape index (κ3) is 6.57. The van der Waals surface area contributed by atoms with Gasteiger partial charge in [-0.15, -0.1) is 0 Å². The molecule has 0 spiro atoms. The third-order valence-electron chi connectivity index (χ3n) is 4.86. The molecule has 0 amide bonds. The van der Waals surface area contributed by atoms with Crippen LogP contribution in [-0.4, -0.2) is 63.8 Å². The number of rotatable bonds is 10. The van der Waals surface area contributed by atoms with Gasteiger partial charge >= 0.3 is 0 Å². The summed E-state index contributed by atoms with van der Waals surface area (Å²) in [7, 11) is 3.52. The highest BCUT2D eigenvalue weighted by atomic mass is 19.1. The zero-order valence-electron chi connectivity index (χ0n) is 16.5. The minimum Gasteiger partial charge on any atom is -0.383 e. The lowest BCUT2D eigenvalue weighted by molar-refractivity contribution is 0.144. The number of guanidine groups is 1. The Bertz CT molecular complexity index is 587. The fourth-order valence-electron chi connectivity index (χ4n) is 2.98. The van der Waals surface area contributed by atoms with Gasteiger partial charge in [-0.3, -0.25) is 9.89 Å². The van der Waals surface area contributed by atoms with Gasteiger partial charge in [0.15, 0.2) is 5.96 Å². The zero-order valence-corrected chi connectivity index (χ0v) is 16.5. The lowest BCUT2D eigenvalue weighted by Crippen LogP contribution is -2.46. The third-order valence-corrected chi connectivity index (χ3v) is 4.86. The molecule has 5 nitrogen and oxygen atoms in total. The van der Waals surface area contributed by atoms with Gasteiger partial charge in [-0.2, -0.15) is 0 Å². The van der Waals surface area contributed by atoms with Gasteiger partial charge in [0.05, 0.1) is 6.61 Å². The van der Waals surface area contributed by atoms with Crippen molar-refractivity contribution in [2.45, 2.75) is 38.1 Å². The molecule has 1 aromatic carbocycles. The van der Waals surface area contributed by atoms with Crippen LogP contribution in [0.15, 0.2) is 29.3 Å². The number of nitrogens with zero attached hydrogens (tertiary/aromatic N) is 2. The van der Waals surface area contributed by atoms with Crippen molar-refractivity contribution in [1.29, 1.82) is 0 Å². The summed E-state index contributed by atoms with van der Waals surface area (Å²) >= 11 is 0. The first kappa shape index (κ1) is 20.6. The molecule has 0 bridgehead atoms. The maximum absolute atomic E-state index is 13.5. The van der Waals surface area contributed by atoms with Gasteiger partial charge in [-0.05, 0) is 30.5 Å². The van der Waals surface area contributed by atoms with Crippen molar-refractivity contribution >= 4 is 5.96 Å². The minimum absolute atomic E-state index is 0.196. The van der Waals surface area contributed by atoms with E-state index in [1.54, 1.807) is 26.3 Å². The van der Waals surface area contributed by atoms with Crippen LogP contribution in [-0.2, 0) is 10.2 Å². The quantitative estimate of drug-likeness (QED) is 0.494. The second-order valence-electron chi connectivity index (χ2n) is 7.51. The van der Waals surface area contributed by atoms with Crippen molar-refractivity contribution in [1.82, 2.24) is 15.5 Å². The molecule has 26 heavy (non-hydrogen) atoms. The van der Waals surface area contributed by atoms with Crippen LogP contribution >= 0.6 is 0 Å². The average molecular weight is 365 g/mol. The summed E-state index contributed by atoms with van der Waals surface area (Å²) in [6.45, 7) is 8.42. The van der Waals surface area contributed by atoms with E-state index in [4.69, 9.17) is 4.74 Å². The average Bonchev–Trinajstić information content (AvgIpc) is 3.45. The van der Waals surface area contributed by atoms with Crippen molar-refractivity contribution in [3.8, 4) is 0 Å². The van der Waals surface area contributed by atoms with Crippen molar-refractivity contribution < 1.29 is 9.13 Å². The first-order valence-electron chi connectivity index (χ1n) is 9.40. The highest BCUT2D eigenvalue weighted by molar-refractivity contribution is 5.79. The van der Waals surface area contributed by atoms with Gasteiger partial charge in [0.2, 0.25) is 0 Å². The number of hydrogen-bond acceptors (Lipinski definition) is 3. The molecule has 0 radical (unpaired) electrons. The Morgan fingerprint density at radius 1 is 1.31 bits per heavy atom. The van der Waals surface area contributed by atoms with Crippen LogP contribution in [0.4, 0.5) is 4.39 Å². The van der Waals surface area contributed by atoms with Crippen LogP contribution in [0, 0.1) is 5.82 Å². The van der Waals surface area contributed by atoms with Crippen molar-refractivity contribution in [2.24, 2.45) is 4.99 Å². The predicted molar refractivity (Wildman–Crippen MR) is 105 cm³/mol. The van der Waals surface area contributed by atoms with E-state index in [0.29, 0.717) is 12.6 Å². The first-order valence-corrected chi connectivity index (χ1v) is 9.40. The Hall–Kier alpha value is -1.66.